The van der Waals surface area contributed by atoms with Gasteiger partial charge in [-0.25, -0.2) is 4.79 Å². The van der Waals surface area contributed by atoms with Crippen molar-refractivity contribution in [1.82, 2.24) is 14.8 Å². The van der Waals surface area contributed by atoms with Crippen molar-refractivity contribution in [3.05, 3.63) is 76.0 Å². The van der Waals surface area contributed by atoms with Crippen LogP contribution in [0, 0.1) is 0 Å². The first-order valence-corrected chi connectivity index (χ1v) is 9.53. The van der Waals surface area contributed by atoms with Crippen molar-refractivity contribution in [3.63, 3.8) is 0 Å². The molecule has 27 heavy (non-hydrogen) atoms. The Morgan fingerprint density at radius 1 is 1.07 bits per heavy atom. The van der Waals surface area contributed by atoms with Crippen LogP contribution in [-0.2, 0) is 17.9 Å². The topological polar surface area (TPSA) is 54.3 Å². The Hall–Kier alpha value is -2.86. The molecule has 136 valence electrons. The molecule has 1 N–H and O–H groups in total. The lowest BCUT2D eigenvalue weighted by molar-refractivity contribution is -0.123. The van der Waals surface area contributed by atoms with Gasteiger partial charge in [-0.05, 0) is 36.8 Å². The Morgan fingerprint density at radius 3 is 2.56 bits per heavy atom. The van der Waals surface area contributed by atoms with Crippen LogP contribution < -0.4 is 5.32 Å². The number of amides is 3. The summed E-state index contributed by atoms with van der Waals surface area (Å²) in [5.74, 6) is -0.309. The van der Waals surface area contributed by atoms with Gasteiger partial charge in [-0.3, -0.25) is 9.69 Å². The monoisotopic (exact) mass is 423 g/mol. The molecule has 0 spiro atoms. The molecule has 1 aromatic heterocycles. The van der Waals surface area contributed by atoms with Gasteiger partial charge >= 0.3 is 6.03 Å². The zero-order valence-electron chi connectivity index (χ0n) is 14.8. The van der Waals surface area contributed by atoms with Gasteiger partial charge in [0.05, 0.1) is 6.54 Å². The maximum atomic E-state index is 12.8. The molecule has 1 saturated heterocycles. The summed E-state index contributed by atoms with van der Waals surface area (Å²) < 4.78 is 3.08. The van der Waals surface area contributed by atoms with E-state index in [-0.39, 0.29) is 12.5 Å². The van der Waals surface area contributed by atoms with Crippen molar-refractivity contribution < 1.29 is 9.59 Å². The molecule has 1 aliphatic rings. The Bertz CT molecular complexity index is 1070. The highest BCUT2D eigenvalue weighted by Gasteiger charge is 2.33. The smallest absolute Gasteiger partial charge is 0.329 e. The average Bonchev–Trinajstić information content (AvgIpc) is 3.16. The Labute approximate surface area is 165 Å². The third-order valence-corrected chi connectivity index (χ3v) is 5.20. The number of aryl methyl sites for hydroxylation is 1. The summed E-state index contributed by atoms with van der Waals surface area (Å²) in [4.78, 5) is 26.3. The molecule has 0 radical (unpaired) electrons. The predicted molar refractivity (Wildman–Crippen MR) is 109 cm³/mol. The number of urea groups is 1. The molecule has 1 fully saturated rings. The fourth-order valence-corrected chi connectivity index (χ4v) is 3.56. The second kappa shape index (κ2) is 7.04. The van der Waals surface area contributed by atoms with Gasteiger partial charge in [0.1, 0.15) is 5.70 Å². The minimum absolute atomic E-state index is 0.242. The second-order valence-electron chi connectivity index (χ2n) is 6.39. The van der Waals surface area contributed by atoms with Crippen molar-refractivity contribution in [1.29, 1.82) is 0 Å². The van der Waals surface area contributed by atoms with Crippen LogP contribution in [-0.4, -0.2) is 21.4 Å². The summed E-state index contributed by atoms with van der Waals surface area (Å²) in [5, 5.41) is 3.76. The Morgan fingerprint density at radius 2 is 1.81 bits per heavy atom. The van der Waals surface area contributed by atoms with Crippen LogP contribution in [0.2, 0.25) is 0 Å². The van der Waals surface area contributed by atoms with Crippen molar-refractivity contribution in [2.45, 2.75) is 20.0 Å². The number of rotatable bonds is 4. The number of aromatic nitrogens is 1. The first kappa shape index (κ1) is 17.5. The minimum Gasteiger partial charge on any atom is -0.347 e. The van der Waals surface area contributed by atoms with Crippen molar-refractivity contribution in [2.24, 2.45) is 0 Å². The van der Waals surface area contributed by atoms with E-state index in [1.165, 1.54) is 4.90 Å². The SMILES string of the molecule is CCn1cc(C=C2NC(=O)N(Cc3ccc(Br)cc3)C2=O)c2ccccc21. The third kappa shape index (κ3) is 3.28. The predicted octanol–water partition coefficient (Wildman–Crippen LogP) is 4.52. The zero-order valence-corrected chi connectivity index (χ0v) is 16.4. The van der Waals surface area contributed by atoms with Gasteiger partial charge in [-0.1, -0.05) is 46.3 Å². The van der Waals surface area contributed by atoms with Crippen LogP contribution in [0.4, 0.5) is 4.79 Å². The number of nitrogens with zero attached hydrogens (tertiary/aromatic N) is 2. The van der Waals surface area contributed by atoms with E-state index < -0.39 is 6.03 Å². The number of nitrogens with one attached hydrogen (secondary N) is 1. The number of fused-ring (bicyclic) bond motifs is 1. The van der Waals surface area contributed by atoms with Crippen LogP contribution >= 0.6 is 15.9 Å². The fraction of sp³-hybridized carbons (Fsp3) is 0.143. The van der Waals surface area contributed by atoms with E-state index in [1.54, 1.807) is 6.08 Å². The molecular formula is C21H18BrN3O2. The van der Waals surface area contributed by atoms with E-state index in [2.05, 4.69) is 38.8 Å². The largest absolute Gasteiger partial charge is 0.347 e. The number of benzene rings is 2. The van der Waals surface area contributed by atoms with Crippen LogP contribution in [0.15, 0.2) is 64.9 Å². The summed E-state index contributed by atoms with van der Waals surface area (Å²) in [7, 11) is 0. The van der Waals surface area contributed by atoms with Gasteiger partial charge in [0.25, 0.3) is 5.91 Å². The number of imide groups is 1. The number of hydrogen-bond acceptors (Lipinski definition) is 2. The van der Waals surface area contributed by atoms with Crippen LogP contribution in [0.5, 0.6) is 0 Å². The standard InChI is InChI=1S/C21H18BrN3O2/c1-2-24-13-15(17-5-3-4-6-19(17)24)11-18-20(26)25(21(27)23-18)12-14-7-9-16(22)10-8-14/h3-11,13H,2,12H2,1H3,(H,23,27). The number of hydrogen-bond donors (Lipinski definition) is 1. The molecule has 2 heterocycles. The van der Waals surface area contributed by atoms with Gasteiger partial charge in [0.15, 0.2) is 0 Å². The van der Waals surface area contributed by atoms with Crippen molar-refractivity contribution in [2.75, 3.05) is 0 Å². The molecule has 0 aliphatic carbocycles. The van der Waals surface area contributed by atoms with Crippen LogP contribution in [0.25, 0.3) is 17.0 Å². The fourth-order valence-electron chi connectivity index (χ4n) is 3.29. The van der Waals surface area contributed by atoms with Crippen molar-refractivity contribution >= 4 is 44.8 Å². The summed E-state index contributed by atoms with van der Waals surface area (Å²) in [6.45, 7) is 3.15. The molecule has 0 unspecified atom stereocenters. The Balaban J connectivity index is 1.64. The highest BCUT2D eigenvalue weighted by atomic mass is 79.9. The summed E-state index contributed by atoms with van der Waals surface area (Å²) in [6, 6.07) is 15.2. The van der Waals surface area contributed by atoms with Gasteiger partial charge < -0.3 is 9.88 Å². The molecule has 5 nitrogen and oxygen atoms in total. The van der Waals surface area contributed by atoms with E-state index >= 15 is 0 Å². The number of carbonyl (C=O) groups is 2. The maximum absolute atomic E-state index is 12.8. The summed E-state index contributed by atoms with van der Waals surface area (Å²) in [5.41, 5.74) is 3.22. The van der Waals surface area contributed by atoms with E-state index in [0.29, 0.717) is 5.70 Å². The number of carbonyl (C=O) groups excluding carboxylic acids is 2. The molecular weight excluding hydrogens is 406 g/mol. The molecule has 6 heteroatoms. The molecule has 2 aromatic carbocycles. The zero-order chi connectivity index (χ0) is 19.0. The van der Waals surface area contributed by atoms with Gasteiger partial charge in [-0.15, -0.1) is 0 Å². The quantitative estimate of drug-likeness (QED) is 0.495. The summed E-state index contributed by atoms with van der Waals surface area (Å²) >= 11 is 3.39. The lowest BCUT2D eigenvalue weighted by Crippen LogP contribution is -2.30. The van der Waals surface area contributed by atoms with Crippen molar-refractivity contribution in [3.8, 4) is 0 Å². The lowest BCUT2D eigenvalue weighted by atomic mass is 10.1. The summed E-state index contributed by atoms with van der Waals surface area (Å²) in [6.07, 6.45) is 3.77. The van der Waals surface area contributed by atoms with E-state index in [0.717, 1.165) is 33.0 Å². The molecule has 3 aromatic rings. The van der Waals surface area contributed by atoms with Gasteiger partial charge in [0.2, 0.25) is 0 Å². The van der Waals surface area contributed by atoms with E-state index in [4.69, 9.17) is 0 Å². The van der Waals surface area contributed by atoms with Gasteiger partial charge in [0, 0.05) is 33.7 Å². The first-order valence-electron chi connectivity index (χ1n) is 8.73. The molecule has 1 aliphatic heterocycles. The van der Waals surface area contributed by atoms with E-state index in [1.807, 2.05) is 48.7 Å². The number of halogens is 1. The highest BCUT2D eigenvalue weighted by Crippen LogP contribution is 2.25. The molecule has 0 saturated carbocycles. The second-order valence-corrected chi connectivity index (χ2v) is 7.31. The molecule has 4 rings (SSSR count). The van der Waals surface area contributed by atoms with Gasteiger partial charge in [-0.2, -0.15) is 0 Å². The number of para-hydroxylation sites is 1. The first-order chi connectivity index (χ1) is 13.1. The lowest BCUT2D eigenvalue weighted by Gasteiger charge is -2.11. The van der Waals surface area contributed by atoms with Crippen LogP contribution in [0.3, 0.4) is 0 Å². The molecule has 3 amide bonds. The molecule has 0 atom stereocenters. The van der Waals surface area contributed by atoms with Crippen LogP contribution in [0.1, 0.15) is 18.1 Å². The third-order valence-electron chi connectivity index (χ3n) is 4.68. The normalized spacial score (nSPS) is 15.8. The average molecular weight is 424 g/mol. The highest BCUT2D eigenvalue weighted by molar-refractivity contribution is 9.10. The Kier molecular flexibility index (Phi) is 4.58. The van der Waals surface area contributed by atoms with E-state index in [9.17, 15) is 9.59 Å². The maximum Gasteiger partial charge on any atom is 0.329 e. The minimum atomic E-state index is -0.395. The molecule has 0 bridgehead atoms.